The number of carbonyl (C=O) groups excluding carboxylic acids is 1. The number of benzene rings is 3. The van der Waals surface area contributed by atoms with Crippen LogP contribution in [0.1, 0.15) is 31.9 Å². The maximum Gasteiger partial charge on any atom is 0.241 e. The fraction of sp³-hybridized carbons (Fsp3) is 0.261. The van der Waals surface area contributed by atoms with Gasteiger partial charge in [-0.25, -0.2) is 13.1 Å². The quantitative estimate of drug-likeness (QED) is 0.658. The second-order valence-corrected chi connectivity index (χ2v) is 8.08. The highest BCUT2D eigenvalue weighted by atomic mass is 32.2. The highest BCUT2D eigenvalue weighted by Gasteiger charge is 2.25. The van der Waals surface area contributed by atoms with Crippen LogP contribution in [0.4, 0.5) is 0 Å². The molecule has 4 nitrogen and oxygen atoms in total. The zero-order chi connectivity index (χ0) is 20.7. The predicted molar refractivity (Wildman–Crippen MR) is 115 cm³/mol. The van der Waals surface area contributed by atoms with E-state index in [4.69, 9.17) is 0 Å². The number of fused-ring (bicyclic) bond motifs is 1. The van der Waals surface area contributed by atoms with E-state index < -0.39 is 16.1 Å². The topological polar surface area (TPSA) is 63.2 Å². The van der Waals surface area contributed by atoms with Gasteiger partial charge in [0.1, 0.15) is 5.78 Å². The standard InChI is InChI=1S/C21H21NO3S.C2H6/c1-15-8-6-12-19-18(15)11-7-13-21(19)26(24,25)22-20(16(2)23)14-17-9-4-3-5-10-17;1-2/h3-13,20,22H,14H2,1-2H3;1-2H3. The van der Waals surface area contributed by atoms with Crippen LogP contribution in [0.3, 0.4) is 0 Å². The van der Waals surface area contributed by atoms with Crippen molar-refractivity contribution in [2.75, 3.05) is 0 Å². The van der Waals surface area contributed by atoms with E-state index in [0.717, 1.165) is 16.5 Å². The predicted octanol–water partition coefficient (Wildman–Crippen LogP) is 4.65. The molecule has 0 bridgehead atoms. The van der Waals surface area contributed by atoms with Crippen LogP contribution < -0.4 is 4.72 Å². The van der Waals surface area contributed by atoms with E-state index >= 15 is 0 Å². The lowest BCUT2D eigenvalue weighted by Crippen LogP contribution is -2.41. The van der Waals surface area contributed by atoms with Gasteiger partial charge >= 0.3 is 0 Å². The van der Waals surface area contributed by atoms with Gasteiger partial charge in [0.25, 0.3) is 0 Å². The minimum absolute atomic E-state index is 0.193. The molecule has 148 valence electrons. The Morgan fingerprint density at radius 1 is 0.893 bits per heavy atom. The first-order chi connectivity index (χ1) is 13.4. The molecular formula is C23H27NO3S. The van der Waals surface area contributed by atoms with Gasteiger partial charge in [-0.2, -0.15) is 0 Å². The summed E-state index contributed by atoms with van der Waals surface area (Å²) < 4.78 is 28.6. The van der Waals surface area contributed by atoms with Gasteiger partial charge in [-0.1, -0.05) is 74.5 Å². The first-order valence-electron chi connectivity index (χ1n) is 9.43. The van der Waals surface area contributed by atoms with Crippen LogP contribution in [0.5, 0.6) is 0 Å². The van der Waals surface area contributed by atoms with Crippen molar-refractivity contribution < 1.29 is 13.2 Å². The Balaban J connectivity index is 0.00000136. The third kappa shape index (κ3) is 5.06. The fourth-order valence-electron chi connectivity index (χ4n) is 3.04. The molecule has 1 atom stereocenters. The highest BCUT2D eigenvalue weighted by Crippen LogP contribution is 2.25. The molecule has 0 spiro atoms. The van der Waals surface area contributed by atoms with Crippen molar-refractivity contribution in [2.24, 2.45) is 0 Å². The number of Topliss-reactive ketones (excluding diaryl/α,β-unsaturated/α-hetero) is 1. The summed E-state index contributed by atoms with van der Waals surface area (Å²) >= 11 is 0. The Morgan fingerprint density at radius 2 is 1.50 bits per heavy atom. The van der Waals surface area contributed by atoms with Crippen molar-refractivity contribution in [1.29, 1.82) is 0 Å². The molecule has 0 radical (unpaired) electrons. The van der Waals surface area contributed by atoms with Crippen LogP contribution in [0.25, 0.3) is 10.8 Å². The van der Waals surface area contributed by atoms with Crippen LogP contribution in [0, 0.1) is 6.92 Å². The normalized spacial score (nSPS) is 12.1. The van der Waals surface area contributed by atoms with Crippen molar-refractivity contribution in [3.63, 3.8) is 0 Å². The van der Waals surface area contributed by atoms with Gasteiger partial charge in [-0.15, -0.1) is 0 Å². The number of hydrogen-bond acceptors (Lipinski definition) is 3. The van der Waals surface area contributed by atoms with Crippen LogP contribution >= 0.6 is 0 Å². The summed E-state index contributed by atoms with van der Waals surface area (Å²) in [4.78, 5) is 12.2. The molecule has 3 aromatic carbocycles. The maximum absolute atomic E-state index is 13.0. The SMILES string of the molecule is CC.CC(=O)C(Cc1ccccc1)NS(=O)(=O)c1cccc2c(C)cccc12. The van der Waals surface area contributed by atoms with Crippen LogP contribution in [-0.2, 0) is 21.2 Å². The molecule has 1 N–H and O–H groups in total. The van der Waals surface area contributed by atoms with E-state index in [9.17, 15) is 13.2 Å². The van der Waals surface area contributed by atoms with Crippen molar-refractivity contribution in [3.05, 3.63) is 77.9 Å². The molecule has 0 aliphatic heterocycles. The molecule has 1 unspecified atom stereocenters. The Kier molecular flexibility index (Phi) is 7.49. The summed E-state index contributed by atoms with van der Waals surface area (Å²) in [6.07, 6.45) is 0.319. The van der Waals surface area contributed by atoms with Gasteiger partial charge < -0.3 is 0 Å². The molecule has 0 saturated heterocycles. The minimum atomic E-state index is -3.84. The van der Waals surface area contributed by atoms with E-state index in [2.05, 4.69) is 4.72 Å². The molecule has 0 heterocycles. The summed E-state index contributed by atoms with van der Waals surface area (Å²) in [6, 6.07) is 19.3. The summed E-state index contributed by atoms with van der Waals surface area (Å²) in [6.45, 7) is 7.35. The molecule has 3 aromatic rings. The summed E-state index contributed by atoms with van der Waals surface area (Å²) in [5, 5.41) is 1.54. The van der Waals surface area contributed by atoms with Gasteiger partial charge in [0.2, 0.25) is 10.0 Å². The molecule has 0 aliphatic carbocycles. The fourth-order valence-corrected chi connectivity index (χ4v) is 4.52. The molecular weight excluding hydrogens is 370 g/mol. The van der Waals surface area contributed by atoms with Crippen LogP contribution in [-0.4, -0.2) is 20.2 Å². The number of ketones is 1. The van der Waals surface area contributed by atoms with Crippen LogP contribution in [0.2, 0.25) is 0 Å². The smallest absolute Gasteiger partial charge is 0.241 e. The van der Waals surface area contributed by atoms with E-state index in [1.54, 1.807) is 18.2 Å². The molecule has 0 aromatic heterocycles. The zero-order valence-electron chi connectivity index (χ0n) is 16.8. The highest BCUT2D eigenvalue weighted by molar-refractivity contribution is 7.89. The van der Waals surface area contributed by atoms with Gasteiger partial charge in [0, 0.05) is 5.39 Å². The van der Waals surface area contributed by atoms with Crippen molar-refractivity contribution >= 4 is 26.6 Å². The average Bonchev–Trinajstić information content (AvgIpc) is 2.69. The average molecular weight is 398 g/mol. The van der Waals surface area contributed by atoms with E-state index in [1.165, 1.54) is 6.92 Å². The molecule has 5 heteroatoms. The summed E-state index contributed by atoms with van der Waals surface area (Å²) in [5.41, 5.74) is 1.91. The van der Waals surface area contributed by atoms with Gasteiger partial charge in [0.05, 0.1) is 10.9 Å². The third-order valence-corrected chi connectivity index (χ3v) is 5.99. The number of nitrogens with one attached hydrogen (secondary N) is 1. The lowest BCUT2D eigenvalue weighted by atomic mass is 10.0. The number of hydrogen-bond donors (Lipinski definition) is 1. The number of carbonyl (C=O) groups is 1. The molecule has 0 amide bonds. The zero-order valence-corrected chi connectivity index (χ0v) is 17.6. The molecule has 0 saturated carbocycles. The summed E-state index contributed by atoms with van der Waals surface area (Å²) in [7, 11) is -3.84. The molecule has 3 rings (SSSR count). The number of sulfonamides is 1. The van der Waals surface area contributed by atoms with Gasteiger partial charge in [0.15, 0.2) is 0 Å². The van der Waals surface area contributed by atoms with Crippen molar-refractivity contribution in [2.45, 2.75) is 45.1 Å². The lowest BCUT2D eigenvalue weighted by Gasteiger charge is -2.17. The third-order valence-electron chi connectivity index (χ3n) is 4.46. The Hall–Kier alpha value is -2.50. The molecule has 0 fully saturated rings. The van der Waals surface area contributed by atoms with Crippen LogP contribution in [0.15, 0.2) is 71.6 Å². The largest absolute Gasteiger partial charge is 0.298 e. The van der Waals surface area contributed by atoms with Crippen molar-refractivity contribution in [3.8, 4) is 0 Å². The van der Waals surface area contributed by atoms with Gasteiger partial charge in [-0.3, -0.25) is 4.79 Å². The molecule has 28 heavy (non-hydrogen) atoms. The number of aryl methyl sites for hydroxylation is 1. The van der Waals surface area contributed by atoms with E-state index in [-0.39, 0.29) is 10.7 Å². The first-order valence-corrected chi connectivity index (χ1v) is 10.9. The summed E-state index contributed by atoms with van der Waals surface area (Å²) in [5.74, 6) is -0.214. The molecule has 0 aliphatic rings. The minimum Gasteiger partial charge on any atom is -0.298 e. The van der Waals surface area contributed by atoms with E-state index in [0.29, 0.717) is 11.8 Å². The lowest BCUT2D eigenvalue weighted by molar-refractivity contribution is -0.118. The van der Waals surface area contributed by atoms with E-state index in [1.807, 2.05) is 69.3 Å². The van der Waals surface area contributed by atoms with Crippen molar-refractivity contribution in [1.82, 2.24) is 4.72 Å². The Bertz CT molecular complexity index is 1040. The Morgan fingerprint density at radius 3 is 2.14 bits per heavy atom. The second-order valence-electron chi connectivity index (χ2n) is 6.40. The number of rotatable bonds is 6. The van der Waals surface area contributed by atoms with Gasteiger partial charge in [-0.05, 0) is 42.8 Å². The monoisotopic (exact) mass is 397 g/mol. The first kappa shape index (κ1) is 21.8. The Labute approximate surface area is 167 Å². The second kappa shape index (κ2) is 9.62. The maximum atomic E-state index is 13.0.